The molecule has 1 N–H and O–H groups in total. The zero-order valence-corrected chi connectivity index (χ0v) is 9.11. The van der Waals surface area contributed by atoms with Gasteiger partial charge in [-0.15, -0.1) is 0 Å². The van der Waals surface area contributed by atoms with E-state index in [0.29, 0.717) is 13.1 Å². The minimum absolute atomic E-state index is 0.249. The van der Waals surface area contributed by atoms with Crippen molar-refractivity contribution in [3.05, 3.63) is 0 Å². The molecule has 1 heterocycles. The Morgan fingerprint density at radius 3 is 2.60 bits per heavy atom. The van der Waals surface area contributed by atoms with Crippen molar-refractivity contribution in [3.63, 3.8) is 0 Å². The Balaban J connectivity index is 2.35. The van der Waals surface area contributed by atoms with Crippen LogP contribution in [0.15, 0.2) is 0 Å². The van der Waals surface area contributed by atoms with Gasteiger partial charge in [0.25, 0.3) is 0 Å². The lowest BCUT2D eigenvalue weighted by Gasteiger charge is -2.26. The van der Waals surface area contributed by atoms with Crippen LogP contribution in [0.2, 0.25) is 0 Å². The molecule has 15 heavy (non-hydrogen) atoms. The monoisotopic (exact) mass is 224 g/mol. The van der Waals surface area contributed by atoms with E-state index < -0.39 is 12.7 Å². The second kappa shape index (κ2) is 5.70. The van der Waals surface area contributed by atoms with Crippen molar-refractivity contribution in [2.24, 2.45) is 0 Å². The van der Waals surface area contributed by atoms with Crippen molar-refractivity contribution in [2.45, 2.75) is 38.4 Å². The van der Waals surface area contributed by atoms with Crippen molar-refractivity contribution in [3.8, 4) is 0 Å². The fourth-order valence-electron chi connectivity index (χ4n) is 2.03. The zero-order valence-electron chi connectivity index (χ0n) is 9.11. The Hall–Kier alpha value is -0.290. The van der Waals surface area contributed by atoms with Crippen LogP contribution in [-0.2, 0) is 0 Å². The number of rotatable bonds is 5. The molecular formula is C10H19F3N2. The van der Waals surface area contributed by atoms with E-state index in [0.717, 1.165) is 25.8 Å². The highest BCUT2D eigenvalue weighted by Gasteiger charge is 2.31. The fraction of sp³-hybridized carbons (Fsp3) is 1.00. The van der Waals surface area contributed by atoms with E-state index >= 15 is 0 Å². The van der Waals surface area contributed by atoms with Gasteiger partial charge in [0, 0.05) is 12.6 Å². The van der Waals surface area contributed by atoms with Gasteiger partial charge in [-0.25, -0.2) is 0 Å². The van der Waals surface area contributed by atoms with E-state index in [2.05, 4.69) is 5.32 Å². The van der Waals surface area contributed by atoms with Gasteiger partial charge in [-0.2, -0.15) is 13.2 Å². The van der Waals surface area contributed by atoms with Gasteiger partial charge in [-0.05, 0) is 32.4 Å². The topological polar surface area (TPSA) is 15.3 Å². The lowest BCUT2D eigenvalue weighted by atomic mass is 10.2. The molecule has 1 rings (SSSR count). The third-order valence-electron chi connectivity index (χ3n) is 2.58. The van der Waals surface area contributed by atoms with Gasteiger partial charge in [-0.1, -0.05) is 6.92 Å². The summed E-state index contributed by atoms with van der Waals surface area (Å²) in [4.78, 5) is 1.50. The Labute approximate surface area is 88.8 Å². The molecule has 0 bridgehead atoms. The second-order valence-electron chi connectivity index (χ2n) is 4.14. The third-order valence-corrected chi connectivity index (χ3v) is 2.58. The first-order valence-corrected chi connectivity index (χ1v) is 5.54. The molecule has 0 aromatic carbocycles. The minimum atomic E-state index is -4.08. The summed E-state index contributed by atoms with van der Waals surface area (Å²) < 4.78 is 36.7. The SMILES string of the molecule is CCCN(C[C@H]1CCCN1)CC(F)(F)F. The molecule has 2 nitrogen and oxygen atoms in total. The number of hydrogen-bond acceptors (Lipinski definition) is 2. The highest BCUT2D eigenvalue weighted by molar-refractivity contribution is 4.78. The lowest BCUT2D eigenvalue weighted by molar-refractivity contribution is -0.146. The van der Waals surface area contributed by atoms with E-state index in [4.69, 9.17) is 0 Å². The van der Waals surface area contributed by atoms with E-state index in [9.17, 15) is 13.2 Å². The molecular weight excluding hydrogens is 205 g/mol. The van der Waals surface area contributed by atoms with Crippen molar-refractivity contribution in [1.29, 1.82) is 0 Å². The summed E-state index contributed by atoms with van der Waals surface area (Å²) in [5, 5.41) is 3.22. The van der Waals surface area contributed by atoms with Gasteiger partial charge < -0.3 is 5.32 Å². The van der Waals surface area contributed by atoms with E-state index in [1.54, 1.807) is 0 Å². The fourth-order valence-corrected chi connectivity index (χ4v) is 2.03. The molecule has 90 valence electrons. The van der Waals surface area contributed by atoms with Gasteiger partial charge in [0.1, 0.15) is 0 Å². The average molecular weight is 224 g/mol. The first kappa shape index (κ1) is 12.8. The van der Waals surface area contributed by atoms with Gasteiger partial charge in [0.2, 0.25) is 0 Å². The van der Waals surface area contributed by atoms with Gasteiger partial charge in [0.15, 0.2) is 0 Å². The predicted molar refractivity (Wildman–Crippen MR) is 53.8 cm³/mol. The number of alkyl halides is 3. The smallest absolute Gasteiger partial charge is 0.313 e. The maximum absolute atomic E-state index is 12.2. The molecule has 0 spiro atoms. The maximum atomic E-state index is 12.2. The van der Waals surface area contributed by atoms with E-state index in [1.165, 1.54) is 4.90 Å². The van der Waals surface area contributed by atoms with Crippen LogP contribution in [0.1, 0.15) is 26.2 Å². The van der Waals surface area contributed by atoms with Crippen LogP contribution >= 0.6 is 0 Å². The van der Waals surface area contributed by atoms with Crippen LogP contribution in [0.3, 0.4) is 0 Å². The Morgan fingerprint density at radius 2 is 2.13 bits per heavy atom. The molecule has 0 aromatic heterocycles. The Kier molecular flexibility index (Phi) is 4.86. The largest absolute Gasteiger partial charge is 0.401 e. The molecule has 1 fully saturated rings. The van der Waals surface area contributed by atoms with Crippen LogP contribution in [-0.4, -0.2) is 43.3 Å². The van der Waals surface area contributed by atoms with Gasteiger partial charge >= 0.3 is 6.18 Å². The standard InChI is InChI=1S/C10H19F3N2/c1-2-6-15(8-10(11,12)13)7-9-4-3-5-14-9/h9,14H,2-8H2,1H3/t9-/m1/s1. The van der Waals surface area contributed by atoms with Crippen molar-refractivity contribution in [2.75, 3.05) is 26.2 Å². The quantitative estimate of drug-likeness (QED) is 0.768. The highest BCUT2D eigenvalue weighted by Crippen LogP contribution is 2.17. The molecule has 5 heteroatoms. The number of hydrogen-bond donors (Lipinski definition) is 1. The molecule has 0 amide bonds. The summed E-state index contributed by atoms with van der Waals surface area (Å²) in [5.41, 5.74) is 0. The van der Waals surface area contributed by atoms with Crippen LogP contribution in [0.25, 0.3) is 0 Å². The highest BCUT2D eigenvalue weighted by atomic mass is 19.4. The minimum Gasteiger partial charge on any atom is -0.313 e. The summed E-state index contributed by atoms with van der Waals surface area (Å²) in [6.07, 6.45) is -1.23. The number of halogens is 3. The van der Waals surface area contributed by atoms with Crippen LogP contribution < -0.4 is 5.32 Å². The molecule has 0 aromatic rings. The average Bonchev–Trinajstić information content (AvgIpc) is 2.54. The first-order chi connectivity index (χ1) is 7.01. The van der Waals surface area contributed by atoms with Crippen LogP contribution in [0.5, 0.6) is 0 Å². The molecule has 0 radical (unpaired) electrons. The van der Waals surface area contributed by atoms with Gasteiger partial charge in [-0.3, -0.25) is 4.90 Å². The van der Waals surface area contributed by atoms with E-state index in [-0.39, 0.29) is 6.04 Å². The summed E-state index contributed by atoms with van der Waals surface area (Å²) >= 11 is 0. The first-order valence-electron chi connectivity index (χ1n) is 5.54. The number of nitrogens with one attached hydrogen (secondary N) is 1. The molecule has 0 aliphatic carbocycles. The van der Waals surface area contributed by atoms with Gasteiger partial charge in [0.05, 0.1) is 6.54 Å². The Morgan fingerprint density at radius 1 is 1.40 bits per heavy atom. The third kappa shape index (κ3) is 5.37. The van der Waals surface area contributed by atoms with Crippen LogP contribution in [0.4, 0.5) is 13.2 Å². The molecule has 0 saturated carbocycles. The predicted octanol–water partition coefficient (Wildman–Crippen LogP) is 2.01. The van der Waals surface area contributed by atoms with Crippen molar-refractivity contribution < 1.29 is 13.2 Å². The van der Waals surface area contributed by atoms with Crippen LogP contribution in [0, 0.1) is 0 Å². The molecule has 1 aliphatic heterocycles. The normalized spacial score (nSPS) is 22.6. The lowest BCUT2D eigenvalue weighted by Crippen LogP contribution is -2.42. The van der Waals surface area contributed by atoms with E-state index in [1.807, 2.05) is 6.92 Å². The summed E-state index contributed by atoms with van der Waals surface area (Å²) in [7, 11) is 0. The van der Waals surface area contributed by atoms with Crippen molar-refractivity contribution in [1.82, 2.24) is 10.2 Å². The summed E-state index contributed by atoms with van der Waals surface area (Å²) in [6.45, 7) is 3.12. The molecule has 1 saturated heterocycles. The summed E-state index contributed by atoms with van der Waals surface area (Å²) in [6, 6.07) is 0.249. The molecule has 1 aliphatic rings. The molecule has 1 atom stereocenters. The maximum Gasteiger partial charge on any atom is 0.401 e. The molecule has 0 unspecified atom stereocenters. The Bertz CT molecular complexity index is 176. The second-order valence-corrected chi connectivity index (χ2v) is 4.14. The number of nitrogens with zero attached hydrogens (tertiary/aromatic N) is 1. The zero-order chi connectivity index (χ0) is 11.3. The summed E-state index contributed by atoms with van der Waals surface area (Å²) in [5.74, 6) is 0. The van der Waals surface area contributed by atoms with Crippen molar-refractivity contribution >= 4 is 0 Å².